The predicted molar refractivity (Wildman–Crippen MR) is 65.6 cm³/mol. The molecule has 0 saturated carbocycles. The van der Waals surface area contributed by atoms with Crippen LogP contribution >= 0.6 is 0 Å². The number of rotatable bonds is 4. The first-order valence-electron chi connectivity index (χ1n) is 6.02. The van der Waals surface area contributed by atoms with Crippen LogP contribution in [0, 0.1) is 5.41 Å². The summed E-state index contributed by atoms with van der Waals surface area (Å²) in [6, 6.07) is 10.1. The van der Waals surface area contributed by atoms with E-state index >= 15 is 0 Å². The van der Waals surface area contributed by atoms with Gasteiger partial charge in [-0.15, -0.1) is 0 Å². The number of ether oxygens (including phenoxy) is 2. The van der Waals surface area contributed by atoms with Crippen LogP contribution in [-0.2, 0) is 15.9 Å². The number of hydrogen-bond donors (Lipinski definition) is 1. The summed E-state index contributed by atoms with van der Waals surface area (Å²) >= 11 is 0. The molecule has 0 bridgehead atoms. The standard InChI is InChI=1S/C14H20O3/c1-13(11-15,14(2)16-8-9-17-14)10-12-6-4-3-5-7-12/h3-7,15H,8-11H2,1-2H3. The lowest BCUT2D eigenvalue weighted by molar-refractivity contribution is -0.229. The molecule has 0 aromatic heterocycles. The van der Waals surface area contributed by atoms with Crippen molar-refractivity contribution >= 4 is 0 Å². The van der Waals surface area contributed by atoms with Gasteiger partial charge in [-0.3, -0.25) is 0 Å². The summed E-state index contributed by atoms with van der Waals surface area (Å²) in [6.45, 7) is 5.16. The maximum Gasteiger partial charge on any atom is 0.173 e. The first-order valence-corrected chi connectivity index (χ1v) is 6.02. The van der Waals surface area contributed by atoms with Crippen molar-refractivity contribution in [2.24, 2.45) is 5.41 Å². The smallest absolute Gasteiger partial charge is 0.173 e. The van der Waals surface area contributed by atoms with Crippen molar-refractivity contribution < 1.29 is 14.6 Å². The Morgan fingerprint density at radius 1 is 1.24 bits per heavy atom. The van der Waals surface area contributed by atoms with Crippen molar-refractivity contribution in [3.8, 4) is 0 Å². The third-order valence-electron chi connectivity index (χ3n) is 3.72. The number of aliphatic hydroxyl groups is 1. The quantitative estimate of drug-likeness (QED) is 0.869. The van der Waals surface area contributed by atoms with Crippen LogP contribution in [0.3, 0.4) is 0 Å². The topological polar surface area (TPSA) is 38.7 Å². The van der Waals surface area contributed by atoms with Gasteiger partial charge in [0.05, 0.1) is 19.8 Å². The van der Waals surface area contributed by atoms with Gasteiger partial charge in [0.25, 0.3) is 0 Å². The molecule has 1 unspecified atom stereocenters. The molecule has 1 fully saturated rings. The molecule has 94 valence electrons. The molecule has 1 aliphatic heterocycles. The van der Waals surface area contributed by atoms with Gasteiger partial charge >= 0.3 is 0 Å². The molecular formula is C14H20O3. The number of benzene rings is 1. The van der Waals surface area contributed by atoms with Gasteiger partial charge in [-0.25, -0.2) is 0 Å². The van der Waals surface area contributed by atoms with Gasteiger partial charge in [0, 0.05) is 5.41 Å². The third-order valence-corrected chi connectivity index (χ3v) is 3.72. The molecule has 17 heavy (non-hydrogen) atoms. The Hall–Kier alpha value is -0.900. The van der Waals surface area contributed by atoms with E-state index in [2.05, 4.69) is 12.1 Å². The van der Waals surface area contributed by atoms with Crippen LogP contribution in [0.4, 0.5) is 0 Å². The molecule has 1 aromatic rings. The Bertz CT molecular complexity index is 357. The molecule has 1 aromatic carbocycles. The van der Waals surface area contributed by atoms with E-state index in [1.165, 1.54) is 5.56 Å². The van der Waals surface area contributed by atoms with E-state index in [4.69, 9.17) is 9.47 Å². The molecule has 0 aliphatic carbocycles. The van der Waals surface area contributed by atoms with Crippen molar-refractivity contribution in [2.45, 2.75) is 26.1 Å². The molecule has 2 rings (SSSR count). The van der Waals surface area contributed by atoms with Crippen LogP contribution in [0.5, 0.6) is 0 Å². The molecule has 1 aliphatic rings. The van der Waals surface area contributed by atoms with Gasteiger partial charge in [0.15, 0.2) is 5.79 Å². The molecule has 0 amide bonds. The highest BCUT2D eigenvalue weighted by atomic mass is 16.7. The van der Waals surface area contributed by atoms with E-state index in [1.54, 1.807) is 0 Å². The second-order valence-electron chi connectivity index (χ2n) is 5.02. The van der Waals surface area contributed by atoms with Crippen molar-refractivity contribution in [3.63, 3.8) is 0 Å². The van der Waals surface area contributed by atoms with E-state index in [1.807, 2.05) is 32.0 Å². The molecule has 1 saturated heterocycles. The van der Waals surface area contributed by atoms with Gasteiger partial charge in [-0.1, -0.05) is 37.3 Å². The van der Waals surface area contributed by atoms with Crippen LogP contribution in [0.2, 0.25) is 0 Å². The average molecular weight is 236 g/mol. The lowest BCUT2D eigenvalue weighted by atomic mass is 9.77. The second kappa shape index (κ2) is 4.77. The first-order chi connectivity index (χ1) is 8.10. The Labute approximate surface area is 102 Å². The summed E-state index contributed by atoms with van der Waals surface area (Å²) < 4.78 is 11.4. The van der Waals surface area contributed by atoms with Gasteiger partial charge < -0.3 is 14.6 Å². The fraction of sp³-hybridized carbons (Fsp3) is 0.571. The summed E-state index contributed by atoms with van der Waals surface area (Å²) in [5, 5.41) is 9.71. The minimum atomic E-state index is -0.697. The molecular weight excluding hydrogens is 216 g/mol. The molecule has 0 radical (unpaired) electrons. The third kappa shape index (κ3) is 2.37. The largest absolute Gasteiger partial charge is 0.396 e. The average Bonchev–Trinajstić information content (AvgIpc) is 2.79. The van der Waals surface area contributed by atoms with Crippen LogP contribution in [0.1, 0.15) is 19.4 Å². The predicted octanol–water partition coefficient (Wildman–Crippen LogP) is 1.99. The monoisotopic (exact) mass is 236 g/mol. The first kappa shape index (κ1) is 12.6. The molecule has 1 atom stereocenters. The molecule has 0 spiro atoms. The normalized spacial score (nSPS) is 22.3. The number of aliphatic hydroxyl groups excluding tert-OH is 1. The zero-order chi connectivity index (χ0) is 12.4. The second-order valence-corrected chi connectivity index (χ2v) is 5.02. The van der Waals surface area contributed by atoms with Gasteiger partial charge in [-0.05, 0) is 18.9 Å². The zero-order valence-electron chi connectivity index (χ0n) is 10.5. The Morgan fingerprint density at radius 2 is 1.82 bits per heavy atom. The summed E-state index contributed by atoms with van der Waals surface area (Å²) in [4.78, 5) is 0. The minimum Gasteiger partial charge on any atom is -0.396 e. The fourth-order valence-electron chi connectivity index (χ4n) is 2.27. The zero-order valence-corrected chi connectivity index (χ0v) is 10.5. The highest BCUT2D eigenvalue weighted by molar-refractivity contribution is 5.17. The van der Waals surface area contributed by atoms with Gasteiger partial charge in [0.2, 0.25) is 0 Å². The summed E-state index contributed by atoms with van der Waals surface area (Å²) in [5.74, 6) is -0.697. The van der Waals surface area contributed by atoms with E-state index < -0.39 is 11.2 Å². The molecule has 1 heterocycles. The van der Waals surface area contributed by atoms with Gasteiger partial charge in [0.1, 0.15) is 0 Å². The number of hydrogen-bond acceptors (Lipinski definition) is 3. The Morgan fingerprint density at radius 3 is 2.35 bits per heavy atom. The molecule has 1 N–H and O–H groups in total. The lowest BCUT2D eigenvalue weighted by Gasteiger charge is -2.41. The summed E-state index contributed by atoms with van der Waals surface area (Å²) in [7, 11) is 0. The van der Waals surface area contributed by atoms with Gasteiger partial charge in [-0.2, -0.15) is 0 Å². The van der Waals surface area contributed by atoms with Crippen molar-refractivity contribution in [3.05, 3.63) is 35.9 Å². The van der Waals surface area contributed by atoms with Crippen LogP contribution in [0.25, 0.3) is 0 Å². The summed E-state index contributed by atoms with van der Waals surface area (Å²) in [5.41, 5.74) is 0.759. The minimum absolute atomic E-state index is 0.0401. The summed E-state index contributed by atoms with van der Waals surface area (Å²) in [6.07, 6.45) is 0.737. The Kier molecular flexibility index (Phi) is 3.52. The molecule has 3 nitrogen and oxygen atoms in total. The Balaban J connectivity index is 2.19. The van der Waals surface area contributed by atoms with E-state index in [-0.39, 0.29) is 6.61 Å². The van der Waals surface area contributed by atoms with E-state index in [0.29, 0.717) is 13.2 Å². The lowest BCUT2D eigenvalue weighted by Crippen LogP contribution is -2.49. The maximum absolute atomic E-state index is 9.71. The molecule has 3 heteroatoms. The van der Waals surface area contributed by atoms with E-state index in [0.717, 1.165) is 6.42 Å². The van der Waals surface area contributed by atoms with Crippen LogP contribution < -0.4 is 0 Å². The van der Waals surface area contributed by atoms with E-state index in [9.17, 15) is 5.11 Å². The van der Waals surface area contributed by atoms with Crippen LogP contribution in [0.15, 0.2) is 30.3 Å². The van der Waals surface area contributed by atoms with Crippen molar-refractivity contribution in [2.75, 3.05) is 19.8 Å². The SMILES string of the molecule is CC(CO)(Cc1ccccc1)C1(C)OCCO1. The fourth-order valence-corrected chi connectivity index (χ4v) is 2.27. The highest BCUT2D eigenvalue weighted by Crippen LogP contribution is 2.40. The van der Waals surface area contributed by atoms with Crippen LogP contribution in [-0.4, -0.2) is 30.7 Å². The van der Waals surface area contributed by atoms with Crippen molar-refractivity contribution in [1.82, 2.24) is 0 Å². The maximum atomic E-state index is 9.71. The van der Waals surface area contributed by atoms with Crippen molar-refractivity contribution in [1.29, 1.82) is 0 Å². The highest BCUT2D eigenvalue weighted by Gasteiger charge is 2.48.